The standard InChI is InChI=1S/C13H10F3N3O5S/c1-24-12-5-2-8(7-17-12)18-10-4-3-9(6-11(10)19(20)21)25(22,23)13(14,15)16/h2-7,18H,1H3. The molecule has 0 unspecified atom stereocenters. The molecule has 2 aromatic rings. The van der Waals surface area contributed by atoms with Crippen LogP contribution in [0.25, 0.3) is 0 Å². The normalized spacial score (nSPS) is 11.8. The number of nitrogens with one attached hydrogen (secondary N) is 1. The molecule has 0 atom stereocenters. The minimum absolute atomic E-state index is 0.196. The van der Waals surface area contributed by atoms with Crippen LogP contribution in [0.3, 0.4) is 0 Å². The minimum atomic E-state index is -5.69. The Hall–Kier alpha value is -2.89. The number of benzene rings is 1. The third-order valence-corrected chi connectivity index (χ3v) is 4.49. The predicted molar refractivity (Wildman–Crippen MR) is 80.4 cm³/mol. The largest absolute Gasteiger partial charge is 0.501 e. The van der Waals surface area contributed by atoms with Crippen molar-refractivity contribution in [1.82, 2.24) is 4.98 Å². The number of methoxy groups -OCH3 is 1. The van der Waals surface area contributed by atoms with E-state index >= 15 is 0 Å². The summed E-state index contributed by atoms with van der Waals surface area (Å²) in [6.07, 6.45) is 1.28. The maximum absolute atomic E-state index is 12.6. The SMILES string of the molecule is COc1ccc(Nc2ccc(S(=O)(=O)C(F)(F)F)cc2[N+](=O)[O-])cn1. The lowest BCUT2D eigenvalue weighted by Crippen LogP contribution is -2.23. The van der Waals surface area contributed by atoms with Crippen molar-refractivity contribution in [2.24, 2.45) is 0 Å². The van der Waals surface area contributed by atoms with Gasteiger partial charge in [0.2, 0.25) is 5.88 Å². The molecule has 2 rings (SSSR count). The highest BCUT2D eigenvalue weighted by Gasteiger charge is 2.47. The number of anilines is 2. The number of alkyl halides is 3. The lowest BCUT2D eigenvalue weighted by Gasteiger charge is -2.11. The Kier molecular flexibility index (Phi) is 4.83. The zero-order valence-electron chi connectivity index (χ0n) is 12.4. The molecule has 1 aromatic heterocycles. The molecule has 0 spiro atoms. The van der Waals surface area contributed by atoms with E-state index in [1.807, 2.05) is 0 Å². The van der Waals surface area contributed by atoms with E-state index in [0.29, 0.717) is 12.1 Å². The summed E-state index contributed by atoms with van der Waals surface area (Å²) in [5, 5.41) is 13.7. The van der Waals surface area contributed by atoms with Crippen LogP contribution in [0.2, 0.25) is 0 Å². The Morgan fingerprint density at radius 3 is 2.40 bits per heavy atom. The molecular weight excluding hydrogens is 367 g/mol. The number of rotatable bonds is 5. The number of hydrogen-bond acceptors (Lipinski definition) is 7. The Bertz CT molecular complexity index is 898. The van der Waals surface area contributed by atoms with Crippen LogP contribution in [-0.2, 0) is 9.84 Å². The number of nitro groups is 1. The predicted octanol–water partition coefficient (Wildman–Crippen LogP) is 3.04. The van der Waals surface area contributed by atoms with Gasteiger partial charge < -0.3 is 10.1 Å². The average Bonchev–Trinajstić information content (AvgIpc) is 2.54. The van der Waals surface area contributed by atoms with Gasteiger partial charge in [0, 0.05) is 12.1 Å². The summed E-state index contributed by atoms with van der Waals surface area (Å²) in [7, 11) is -4.30. The van der Waals surface area contributed by atoms with Crippen molar-refractivity contribution in [1.29, 1.82) is 0 Å². The molecule has 0 saturated carbocycles. The highest BCUT2D eigenvalue weighted by Crippen LogP contribution is 2.35. The second-order valence-electron chi connectivity index (χ2n) is 4.60. The van der Waals surface area contributed by atoms with Gasteiger partial charge in [-0.2, -0.15) is 13.2 Å². The molecule has 0 aliphatic heterocycles. The highest BCUT2D eigenvalue weighted by molar-refractivity contribution is 7.92. The molecule has 0 amide bonds. The number of sulfone groups is 1. The van der Waals surface area contributed by atoms with Crippen molar-refractivity contribution < 1.29 is 31.2 Å². The first-order valence-electron chi connectivity index (χ1n) is 6.43. The van der Waals surface area contributed by atoms with Gasteiger partial charge in [0.15, 0.2) is 0 Å². The smallest absolute Gasteiger partial charge is 0.481 e. The molecule has 12 heteroatoms. The fourth-order valence-corrected chi connectivity index (χ4v) is 2.58. The highest BCUT2D eigenvalue weighted by atomic mass is 32.2. The number of pyridine rings is 1. The van der Waals surface area contributed by atoms with Crippen LogP contribution in [-0.4, -0.2) is 30.9 Å². The van der Waals surface area contributed by atoms with E-state index in [9.17, 15) is 31.7 Å². The van der Waals surface area contributed by atoms with Crippen LogP contribution < -0.4 is 10.1 Å². The summed E-state index contributed by atoms with van der Waals surface area (Å²) in [4.78, 5) is 12.7. The fraction of sp³-hybridized carbons (Fsp3) is 0.154. The molecular formula is C13H10F3N3O5S. The van der Waals surface area contributed by atoms with Gasteiger partial charge in [0.25, 0.3) is 15.5 Å². The molecule has 0 saturated heterocycles. The maximum Gasteiger partial charge on any atom is 0.501 e. The first-order valence-corrected chi connectivity index (χ1v) is 7.91. The molecule has 0 fully saturated rings. The second-order valence-corrected chi connectivity index (χ2v) is 6.54. The van der Waals surface area contributed by atoms with Crippen molar-refractivity contribution >= 4 is 26.9 Å². The molecule has 8 nitrogen and oxygen atoms in total. The van der Waals surface area contributed by atoms with Gasteiger partial charge in [-0.15, -0.1) is 0 Å². The van der Waals surface area contributed by atoms with E-state index in [0.717, 1.165) is 6.07 Å². The van der Waals surface area contributed by atoms with Crippen molar-refractivity contribution in [2.75, 3.05) is 12.4 Å². The average molecular weight is 377 g/mol. The van der Waals surface area contributed by atoms with Gasteiger partial charge >= 0.3 is 5.51 Å². The van der Waals surface area contributed by atoms with E-state index < -0.39 is 30.9 Å². The molecule has 0 aliphatic rings. The zero-order chi connectivity index (χ0) is 18.8. The summed E-state index contributed by atoms with van der Waals surface area (Å²) in [5.41, 5.74) is -6.30. The molecule has 25 heavy (non-hydrogen) atoms. The Balaban J connectivity index is 2.44. The van der Waals surface area contributed by atoms with Crippen molar-refractivity contribution in [3.05, 3.63) is 46.6 Å². The molecule has 134 valence electrons. The van der Waals surface area contributed by atoms with E-state index in [1.165, 1.54) is 25.4 Å². The second kappa shape index (κ2) is 6.55. The fourth-order valence-electron chi connectivity index (χ4n) is 1.80. The van der Waals surface area contributed by atoms with Gasteiger partial charge in [0.05, 0.1) is 28.8 Å². The summed E-state index contributed by atoms with van der Waals surface area (Å²) < 4.78 is 65.3. The Morgan fingerprint density at radius 1 is 1.24 bits per heavy atom. The zero-order valence-corrected chi connectivity index (χ0v) is 13.3. The summed E-state index contributed by atoms with van der Waals surface area (Å²) >= 11 is 0. The maximum atomic E-state index is 12.6. The topological polar surface area (TPSA) is 111 Å². The Labute approximate surface area is 139 Å². The quantitative estimate of drug-likeness (QED) is 0.630. The van der Waals surface area contributed by atoms with Crippen LogP contribution in [0.15, 0.2) is 41.4 Å². The van der Waals surface area contributed by atoms with Crippen LogP contribution in [0, 0.1) is 10.1 Å². The van der Waals surface area contributed by atoms with Crippen molar-refractivity contribution in [2.45, 2.75) is 10.4 Å². The number of nitrogens with zero attached hydrogens (tertiary/aromatic N) is 2. The van der Waals surface area contributed by atoms with Gasteiger partial charge in [0.1, 0.15) is 5.69 Å². The first kappa shape index (κ1) is 18.4. The first-order chi connectivity index (χ1) is 11.6. The van der Waals surface area contributed by atoms with Crippen molar-refractivity contribution in [3.63, 3.8) is 0 Å². The Morgan fingerprint density at radius 2 is 1.92 bits per heavy atom. The van der Waals surface area contributed by atoms with E-state index in [4.69, 9.17) is 4.74 Å². The molecule has 0 aliphatic carbocycles. The van der Waals surface area contributed by atoms with E-state index in [-0.39, 0.29) is 17.3 Å². The lowest BCUT2D eigenvalue weighted by molar-refractivity contribution is -0.384. The van der Waals surface area contributed by atoms with Crippen molar-refractivity contribution in [3.8, 4) is 5.88 Å². The molecule has 0 bridgehead atoms. The number of halogens is 3. The summed E-state index contributed by atoms with van der Waals surface area (Å²) in [6, 6.07) is 4.78. The van der Waals surface area contributed by atoms with E-state index in [1.54, 1.807) is 0 Å². The molecule has 1 aromatic carbocycles. The summed E-state index contributed by atoms with van der Waals surface area (Å²) in [6.45, 7) is 0. The van der Waals surface area contributed by atoms with Crippen LogP contribution in [0.4, 0.5) is 30.2 Å². The molecule has 1 heterocycles. The molecule has 1 N–H and O–H groups in total. The van der Waals surface area contributed by atoms with Crippen LogP contribution in [0.1, 0.15) is 0 Å². The van der Waals surface area contributed by atoms with Crippen LogP contribution in [0.5, 0.6) is 5.88 Å². The third-order valence-electron chi connectivity index (χ3n) is 3.01. The van der Waals surface area contributed by atoms with Gasteiger partial charge in [-0.05, 0) is 18.2 Å². The van der Waals surface area contributed by atoms with Gasteiger partial charge in [-0.1, -0.05) is 0 Å². The van der Waals surface area contributed by atoms with Crippen LogP contribution >= 0.6 is 0 Å². The van der Waals surface area contributed by atoms with E-state index in [2.05, 4.69) is 10.3 Å². The monoisotopic (exact) mass is 377 g/mol. The molecule has 0 radical (unpaired) electrons. The number of aromatic nitrogens is 1. The number of hydrogen-bond donors (Lipinski definition) is 1. The number of nitro benzene ring substituents is 1. The third kappa shape index (κ3) is 3.79. The lowest BCUT2D eigenvalue weighted by atomic mass is 10.2. The summed E-state index contributed by atoms with van der Waals surface area (Å²) in [5.74, 6) is 0.284. The number of ether oxygens (including phenoxy) is 1. The van der Waals surface area contributed by atoms with Gasteiger partial charge in [-0.3, -0.25) is 10.1 Å². The minimum Gasteiger partial charge on any atom is -0.481 e. The van der Waals surface area contributed by atoms with Gasteiger partial charge in [-0.25, -0.2) is 13.4 Å².